The summed E-state index contributed by atoms with van der Waals surface area (Å²) in [6, 6.07) is 9.23. The lowest BCUT2D eigenvalue weighted by Gasteiger charge is -2.19. The number of ether oxygens (including phenoxy) is 1. The Bertz CT molecular complexity index is 1030. The highest BCUT2D eigenvalue weighted by Crippen LogP contribution is 2.28. The van der Waals surface area contributed by atoms with E-state index in [1.54, 1.807) is 58.2 Å². The van der Waals surface area contributed by atoms with Crippen molar-refractivity contribution in [1.82, 2.24) is 9.61 Å². The Balaban J connectivity index is 2.03. The Morgan fingerprint density at radius 2 is 1.82 bits per heavy atom. The molecule has 0 atom stereocenters. The maximum Gasteiger partial charge on any atom is 0.412 e. The average molecular weight is 383 g/mol. The molecule has 2 heterocycles. The second kappa shape index (κ2) is 7.42. The Kier molecular flexibility index (Phi) is 5.18. The van der Waals surface area contributed by atoms with Crippen LogP contribution in [0.5, 0.6) is 0 Å². The third-order valence-corrected chi connectivity index (χ3v) is 3.99. The van der Waals surface area contributed by atoms with Gasteiger partial charge in [0, 0.05) is 12.0 Å². The monoisotopic (exact) mass is 383 g/mol. The van der Waals surface area contributed by atoms with E-state index in [1.165, 1.54) is 16.6 Å². The first-order valence-electron chi connectivity index (χ1n) is 8.99. The molecule has 7 heteroatoms. The third kappa shape index (κ3) is 4.19. The molecule has 1 N–H and O–H groups in total. The number of benzene rings is 1. The van der Waals surface area contributed by atoms with Gasteiger partial charge in [-0.1, -0.05) is 6.92 Å². The maximum atomic E-state index is 13.3. The molecule has 3 aromatic rings. The summed E-state index contributed by atoms with van der Waals surface area (Å²) in [5, 5.41) is 7.16. The molecule has 1 aromatic carbocycles. The number of fused-ring (bicyclic) bond motifs is 1. The Labute approximate surface area is 162 Å². The summed E-state index contributed by atoms with van der Waals surface area (Å²) < 4.78 is 20.1. The predicted molar refractivity (Wildman–Crippen MR) is 105 cm³/mol. The lowest BCUT2D eigenvalue weighted by Crippen LogP contribution is -2.27. The van der Waals surface area contributed by atoms with Gasteiger partial charge in [-0.2, -0.15) is 5.10 Å². The number of hydrogen-bond acceptors (Lipinski definition) is 4. The van der Waals surface area contributed by atoms with Gasteiger partial charge in [-0.05, 0) is 57.2 Å². The van der Waals surface area contributed by atoms with Crippen LogP contribution in [-0.2, 0) is 4.74 Å². The molecule has 0 fully saturated rings. The van der Waals surface area contributed by atoms with Crippen LogP contribution in [0, 0.1) is 5.82 Å². The van der Waals surface area contributed by atoms with Crippen molar-refractivity contribution in [2.75, 3.05) is 5.32 Å². The van der Waals surface area contributed by atoms with Crippen LogP contribution < -0.4 is 5.32 Å². The van der Waals surface area contributed by atoms with E-state index >= 15 is 0 Å². The molecule has 28 heavy (non-hydrogen) atoms. The van der Waals surface area contributed by atoms with Gasteiger partial charge in [-0.3, -0.25) is 10.1 Å². The van der Waals surface area contributed by atoms with Gasteiger partial charge < -0.3 is 4.74 Å². The van der Waals surface area contributed by atoms with Gasteiger partial charge in [0.2, 0.25) is 0 Å². The van der Waals surface area contributed by atoms with Crippen molar-refractivity contribution in [3.05, 3.63) is 54.0 Å². The van der Waals surface area contributed by atoms with Gasteiger partial charge >= 0.3 is 6.09 Å². The van der Waals surface area contributed by atoms with E-state index < -0.39 is 11.7 Å². The Hall–Kier alpha value is -3.22. The number of ketones is 1. The van der Waals surface area contributed by atoms with Gasteiger partial charge in [0.15, 0.2) is 5.78 Å². The highest BCUT2D eigenvalue weighted by molar-refractivity contribution is 6.07. The van der Waals surface area contributed by atoms with Crippen molar-refractivity contribution >= 4 is 23.1 Å². The molecular formula is C21H22FN3O3. The number of aromatic nitrogens is 2. The van der Waals surface area contributed by atoms with Crippen LogP contribution >= 0.6 is 0 Å². The number of carbonyl (C=O) groups is 2. The number of pyridine rings is 1. The van der Waals surface area contributed by atoms with Crippen LogP contribution in [0.15, 0.2) is 42.6 Å². The summed E-state index contributed by atoms with van der Waals surface area (Å²) in [6.07, 6.45) is 1.34. The second-order valence-electron chi connectivity index (χ2n) is 7.38. The molecule has 3 rings (SSSR count). The molecule has 0 aliphatic carbocycles. The first-order valence-corrected chi connectivity index (χ1v) is 8.99. The van der Waals surface area contributed by atoms with Gasteiger partial charge in [0.25, 0.3) is 0 Å². The summed E-state index contributed by atoms with van der Waals surface area (Å²) in [6.45, 7) is 7.11. The molecule has 6 nitrogen and oxygen atoms in total. The number of Topliss-reactive ketones (excluding diaryl/α,β-unsaturated/α-hetero) is 1. The van der Waals surface area contributed by atoms with Gasteiger partial charge in [0.05, 0.1) is 23.0 Å². The van der Waals surface area contributed by atoms with Crippen molar-refractivity contribution in [2.24, 2.45) is 0 Å². The minimum absolute atomic E-state index is 0.0674. The minimum Gasteiger partial charge on any atom is -0.444 e. The number of amides is 1. The van der Waals surface area contributed by atoms with Crippen molar-refractivity contribution in [1.29, 1.82) is 0 Å². The van der Waals surface area contributed by atoms with Gasteiger partial charge in [-0.15, -0.1) is 0 Å². The van der Waals surface area contributed by atoms with Crippen molar-refractivity contribution in [3.8, 4) is 11.3 Å². The standard InChI is InChI=1S/C21H22FN3O3/c1-5-17(26)18-16-11-10-15(23-20(27)28-21(2,3)4)12-25(16)24-19(18)13-6-8-14(22)9-7-13/h6-12H,5H2,1-4H3,(H,23,27). The summed E-state index contributed by atoms with van der Waals surface area (Å²) >= 11 is 0. The minimum atomic E-state index is -0.615. The molecule has 2 aromatic heterocycles. The van der Waals surface area contributed by atoms with E-state index in [4.69, 9.17) is 4.74 Å². The molecule has 0 radical (unpaired) electrons. The van der Waals surface area contributed by atoms with E-state index in [2.05, 4.69) is 10.4 Å². The SMILES string of the molecule is CCC(=O)c1c(-c2ccc(F)cc2)nn2cc(NC(=O)OC(C)(C)C)ccc12. The van der Waals surface area contributed by atoms with Gasteiger partial charge in [-0.25, -0.2) is 13.7 Å². The fourth-order valence-corrected chi connectivity index (χ4v) is 2.81. The number of hydrogen-bond donors (Lipinski definition) is 1. The van der Waals surface area contributed by atoms with Gasteiger partial charge in [0.1, 0.15) is 17.1 Å². The molecule has 0 unspecified atom stereocenters. The highest BCUT2D eigenvalue weighted by atomic mass is 19.1. The van der Waals surface area contributed by atoms with E-state index in [9.17, 15) is 14.0 Å². The highest BCUT2D eigenvalue weighted by Gasteiger charge is 2.21. The number of anilines is 1. The van der Waals surface area contributed by atoms with Crippen molar-refractivity contribution in [2.45, 2.75) is 39.7 Å². The summed E-state index contributed by atoms with van der Waals surface area (Å²) in [5.41, 5.74) is 2.06. The molecule has 0 aliphatic rings. The zero-order valence-corrected chi connectivity index (χ0v) is 16.2. The molecule has 1 amide bonds. The second-order valence-corrected chi connectivity index (χ2v) is 7.38. The Morgan fingerprint density at radius 1 is 1.14 bits per heavy atom. The van der Waals surface area contributed by atoms with Crippen molar-refractivity contribution < 1.29 is 18.7 Å². The zero-order valence-electron chi connectivity index (χ0n) is 16.2. The lowest BCUT2D eigenvalue weighted by atomic mass is 10.0. The van der Waals surface area contributed by atoms with Crippen LogP contribution in [0.4, 0.5) is 14.9 Å². The number of nitrogens with zero attached hydrogens (tertiary/aromatic N) is 2. The third-order valence-electron chi connectivity index (χ3n) is 3.99. The molecule has 0 spiro atoms. The lowest BCUT2D eigenvalue weighted by molar-refractivity contribution is 0.0635. The molecule has 146 valence electrons. The van der Waals surface area contributed by atoms with Crippen LogP contribution in [0.25, 0.3) is 16.8 Å². The Morgan fingerprint density at radius 3 is 2.43 bits per heavy atom. The summed E-state index contributed by atoms with van der Waals surface area (Å²) in [4.78, 5) is 24.5. The summed E-state index contributed by atoms with van der Waals surface area (Å²) in [5.74, 6) is -0.429. The topological polar surface area (TPSA) is 72.7 Å². The number of rotatable bonds is 4. The largest absolute Gasteiger partial charge is 0.444 e. The first kappa shape index (κ1) is 19.5. The molecule has 0 saturated heterocycles. The van der Waals surface area contributed by atoms with Crippen LogP contribution in [0.1, 0.15) is 44.5 Å². The quantitative estimate of drug-likeness (QED) is 0.638. The van der Waals surface area contributed by atoms with E-state index in [1.807, 2.05) is 0 Å². The van der Waals surface area contributed by atoms with Crippen LogP contribution in [0.2, 0.25) is 0 Å². The maximum absolute atomic E-state index is 13.3. The predicted octanol–water partition coefficient (Wildman–Crippen LogP) is 5.08. The van der Waals surface area contributed by atoms with Crippen LogP contribution in [-0.4, -0.2) is 27.1 Å². The zero-order chi connectivity index (χ0) is 20.5. The van der Waals surface area contributed by atoms with E-state index in [0.29, 0.717) is 34.4 Å². The summed E-state index contributed by atoms with van der Waals surface area (Å²) in [7, 11) is 0. The average Bonchev–Trinajstić information content (AvgIpc) is 2.98. The normalized spacial score (nSPS) is 11.5. The smallest absolute Gasteiger partial charge is 0.412 e. The number of carbonyl (C=O) groups excluding carboxylic acids is 2. The first-order chi connectivity index (χ1) is 13.2. The molecule has 0 saturated carbocycles. The van der Waals surface area contributed by atoms with Crippen molar-refractivity contribution in [3.63, 3.8) is 0 Å². The number of nitrogens with one attached hydrogen (secondary N) is 1. The fourth-order valence-electron chi connectivity index (χ4n) is 2.81. The van der Waals surface area contributed by atoms with E-state index in [-0.39, 0.29) is 11.6 Å². The van der Waals surface area contributed by atoms with E-state index in [0.717, 1.165) is 0 Å². The molecule has 0 bridgehead atoms. The molecular weight excluding hydrogens is 361 g/mol. The molecule has 0 aliphatic heterocycles. The van der Waals surface area contributed by atoms with Crippen LogP contribution in [0.3, 0.4) is 0 Å². The fraction of sp³-hybridized carbons (Fsp3) is 0.286. The number of halogens is 1.